The van der Waals surface area contributed by atoms with E-state index in [1.807, 2.05) is 0 Å². The Labute approximate surface area is 72.3 Å². The van der Waals surface area contributed by atoms with Crippen LogP contribution in [0.15, 0.2) is 0 Å². The third kappa shape index (κ3) is 2.16. The highest BCUT2D eigenvalue weighted by atomic mass is 31.0. The molecule has 1 aliphatic rings. The van der Waals surface area contributed by atoms with Crippen molar-refractivity contribution in [3.63, 3.8) is 0 Å². The lowest BCUT2D eigenvalue weighted by Gasteiger charge is -2.46. The molecule has 0 bridgehead atoms. The van der Waals surface area contributed by atoms with Crippen LogP contribution in [0.3, 0.4) is 0 Å². The number of nitrogens with two attached hydrogens (primary N) is 1. The van der Waals surface area contributed by atoms with Gasteiger partial charge in [0.15, 0.2) is 0 Å². The van der Waals surface area contributed by atoms with Crippen molar-refractivity contribution in [2.45, 2.75) is 44.8 Å². The normalized spacial score (nSPS) is 42.8. The predicted octanol–water partition coefficient (Wildman–Crippen LogP) is 2.01. The second-order valence-corrected chi connectivity index (χ2v) is 5.93. The Morgan fingerprint density at radius 3 is 2.18 bits per heavy atom. The average molecular weight is 173 g/mol. The van der Waals surface area contributed by atoms with Crippen molar-refractivity contribution in [2.24, 2.45) is 17.6 Å². The van der Waals surface area contributed by atoms with Gasteiger partial charge in [-0.3, -0.25) is 0 Å². The minimum absolute atomic E-state index is 0.362. The second-order valence-electron chi connectivity index (χ2n) is 4.54. The second kappa shape index (κ2) is 3.03. The molecule has 0 heterocycles. The van der Waals surface area contributed by atoms with Crippen molar-refractivity contribution < 1.29 is 0 Å². The third-order valence-corrected chi connectivity index (χ3v) is 3.50. The van der Waals surface area contributed by atoms with Crippen LogP contribution in [0, 0.1) is 11.8 Å². The van der Waals surface area contributed by atoms with Crippen molar-refractivity contribution in [3.05, 3.63) is 0 Å². The Bertz CT molecular complexity index is 134. The molecule has 0 radical (unpaired) electrons. The van der Waals surface area contributed by atoms with Gasteiger partial charge in [-0.05, 0) is 36.8 Å². The van der Waals surface area contributed by atoms with Gasteiger partial charge in [-0.25, -0.2) is 0 Å². The van der Waals surface area contributed by atoms with Crippen LogP contribution < -0.4 is 5.73 Å². The molecule has 1 fully saturated rings. The smallest absolute Gasteiger partial charge is 0.00387 e. The maximum absolute atomic E-state index is 5.83. The standard InChI is InChI=1S/C9H20NP/c1-6(7(2)10)8-4-9(3,11)5-8/h6-8H,4-5,10-11H2,1-3H3/t6?,7-,8-,9+/m1/s1. The summed E-state index contributed by atoms with van der Waals surface area (Å²) in [5.41, 5.74) is 5.83. The molecule has 0 aromatic carbocycles. The maximum Gasteiger partial charge on any atom is 0.00387 e. The quantitative estimate of drug-likeness (QED) is 0.635. The Morgan fingerprint density at radius 1 is 1.45 bits per heavy atom. The molecule has 11 heavy (non-hydrogen) atoms. The third-order valence-electron chi connectivity index (χ3n) is 3.03. The topological polar surface area (TPSA) is 26.0 Å². The molecule has 1 nitrogen and oxygen atoms in total. The van der Waals surface area contributed by atoms with Crippen molar-refractivity contribution in [3.8, 4) is 0 Å². The fraction of sp³-hybridized carbons (Fsp3) is 1.00. The van der Waals surface area contributed by atoms with E-state index in [1.165, 1.54) is 12.8 Å². The first-order valence-corrected chi connectivity index (χ1v) is 5.04. The van der Waals surface area contributed by atoms with Gasteiger partial charge in [-0.2, -0.15) is 0 Å². The van der Waals surface area contributed by atoms with Crippen LogP contribution in [0.2, 0.25) is 0 Å². The van der Waals surface area contributed by atoms with Crippen LogP contribution in [-0.2, 0) is 0 Å². The van der Waals surface area contributed by atoms with Gasteiger partial charge in [0.1, 0.15) is 0 Å². The van der Waals surface area contributed by atoms with Crippen molar-refractivity contribution in [1.29, 1.82) is 0 Å². The van der Waals surface area contributed by atoms with Gasteiger partial charge < -0.3 is 5.73 Å². The number of rotatable bonds is 2. The molecule has 0 saturated heterocycles. The van der Waals surface area contributed by atoms with Crippen molar-refractivity contribution in [1.82, 2.24) is 0 Å². The van der Waals surface area contributed by atoms with Crippen LogP contribution in [0.4, 0.5) is 0 Å². The van der Waals surface area contributed by atoms with Crippen LogP contribution >= 0.6 is 9.24 Å². The van der Waals surface area contributed by atoms with E-state index in [-0.39, 0.29) is 0 Å². The largest absolute Gasteiger partial charge is 0.328 e. The molecule has 3 atom stereocenters. The van der Waals surface area contributed by atoms with E-state index >= 15 is 0 Å². The molecular formula is C9H20NP. The molecule has 0 aromatic rings. The number of hydrogen-bond acceptors (Lipinski definition) is 1. The monoisotopic (exact) mass is 173 g/mol. The molecule has 2 unspecified atom stereocenters. The summed E-state index contributed by atoms with van der Waals surface area (Å²) in [5.74, 6) is 1.57. The first-order valence-electron chi connectivity index (χ1n) is 4.47. The predicted molar refractivity (Wildman–Crippen MR) is 53.7 cm³/mol. The minimum Gasteiger partial charge on any atom is -0.328 e. The van der Waals surface area contributed by atoms with Gasteiger partial charge in [0.2, 0.25) is 0 Å². The van der Waals surface area contributed by atoms with Gasteiger partial charge in [0, 0.05) is 6.04 Å². The average Bonchev–Trinajstić information content (AvgIpc) is 1.80. The SMILES string of the molecule is CC([C@H]1C[C@@](C)(P)C1)[C@@H](C)N. The fourth-order valence-electron chi connectivity index (χ4n) is 1.94. The van der Waals surface area contributed by atoms with Gasteiger partial charge >= 0.3 is 0 Å². The summed E-state index contributed by atoms with van der Waals surface area (Å²) >= 11 is 0. The van der Waals surface area contributed by atoms with E-state index < -0.39 is 0 Å². The molecule has 66 valence electrons. The van der Waals surface area contributed by atoms with Crippen LogP contribution in [-0.4, -0.2) is 11.2 Å². The van der Waals surface area contributed by atoms with Crippen LogP contribution in [0.25, 0.3) is 0 Å². The summed E-state index contributed by atoms with van der Waals surface area (Å²) < 4.78 is 0. The molecule has 0 spiro atoms. The van der Waals surface area contributed by atoms with Crippen molar-refractivity contribution in [2.75, 3.05) is 0 Å². The Morgan fingerprint density at radius 2 is 1.91 bits per heavy atom. The lowest BCUT2D eigenvalue weighted by Crippen LogP contribution is -2.43. The maximum atomic E-state index is 5.83. The number of hydrogen-bond donors (Lipinski definition) is 1. The van der Waals surface area contributed by atoms with Crippen LogP contribution in [0.1, 0.15) is 33.6 Å². The van der Waals surface area contributed by atoms with E-state index in [0.29, 0.717) is 17.1 Å². The summed E-state index contributed by atoms with van der Waals surface area (Å²) in [6, 6.07) is 0.362. The van der Waals surface area contributed by atoms with Crippen LogP contribution in [0.5, 0.6) is 0 Å². The molecule has 1 saturated carbocycles. The van der Waals surface area contributed by atoms with E-state index in [9.17, 15) is 0 Å². The van der Waals surface area contributed by atoms with Crippen molar-refractivity contribution >= 4 is 9.24 Å². The molecule has 0 aliphatic heterocycles. The summed E-state index contributed by atoms with van der Waals surface area (Å²) in [4.78, 5) is 0. The Hall–Kier alpha value is 0.390. The fourth-order valence-corrected chi connectivity index (χ4v) is 2.54. The lowest BCUT2D eigenvalue weighted by molar-refractivity contribution is 0.156. The zero-order valence-electron chi connectivity index (χ0n) is 7.80. The van der Waals surface area contributed by atoms with E-state index in [4.69, 9.17) is 5.73 Å². The lowest BCUT2D eigenvalue weighted by atomic mass is 9.67. The molecule has 2 heteroatoms. The molecular weight excluding hydrogens is 153 g/mol. The Balaban J connectivity index is 2.32. The molecule has 2 N–H and O–H groups in total. The molecule has 0 aromatic heterocycles. The zero-order chi connectivity index (χ0) is 8.65. The highest BCUT2D eigenvalue weighted by molar-refractivity contribution is 7.19. The molecule has 1 rings (SSSR count). The highest BCUT2D eigenvalue weighted by Gasteiger charge is 2.39. The highest BCUT2D eigenvalue weighted by Crippen LogP contribution is 2.48. The summed E-state index contributed by atoms with van der Waals surface area (Å²) in [6.07, 6.45) is 2.67. The van der Waals surface area contributed by atoms with Gasteiger partial charge in [-0.15, -0.1) is 9.24 Å². The van der Waals surface area contributed by atoms with E-state index in [1.54, 1.807) is 0 Å². The first kappa shape index (κ1) is 9.48. The Kier molecular flexibility index (Phi) is 2.61. The van der Waals surface area contributed by atoms with E-state index in [0.717, 1.165) is 5.92 Å². The van der Waals surface area contributed by atoms with Gasteiger partial charge in [-0.1, -0.05) is 13.8 Å². The first-order chi connectivity index (χ1) is 4.92. The molecule has 0 amide bonds. The minimum atomic E-state index is 0.362. The van der Waals surface area contributed by atoms with Gasteiger partial charge in [0.25, 0.3) is 0 Å². The summed E-state index contributed by atoms with van der Waals surface area (Å²) in [5, 5.41) is 0.522. The molecule has 1 aliphatic carbocycles. The van der Waals surface area contributed by atoms with Gasteiger partial charge in [0.05, 0.1) is 0 Å². The zero-order valence-corrected chi connectivity index (χ0v) is 8.96. The summed E-state index contributed by atoms with van der Waals surface area (Å²) in [7, 11) is 2.94. The summed E-state index contributed by atoms with van der Waals surface area (Å²) in [6.45, 7) is 6.69. The van der Waals surface area contributed by atoms with E-state index in [2.05, 4.69) is 30.0 Å².